The number of benzene rings is 2. The van der Waals surface area contributed by atoms with Crippen LogP contribution in [0.5, 0.6) is 0 Å². The molecule has 21 heavy (non-hydrogen) atoms. The molecule has 0 saturated carbocycles. The molecule has 2 aromatic rings. The quantitative estimate of drug-likeness (QED) is 0.726. The van der Waals surface area contributed by atoms with E-state index in [1.165, 1.54) is 24.3 Å². The van der Waals surface area contributed by atoms with Gasteiger partial charge < -0.3 is 5.32 Å². The molecule has 0 spiro atoms. The third-order valence-corrected chi connectivity index (χ3v) is 2.67. The Morgan fingerprint density at radius 3 is 1.33 bits per heavy atom. The van der Waals surface area contributed by atoms with Gasteiger partial charge in [0, 0.05) is 11.4 Å². The monoisotopic (exact) mass is 305 g/mol. The van der Waals surface area contributed by atoms with Gasteiger partial charge in [0.05, 0.1) is 11.1 Å². The highest BCUT2D eigenvalue weighted by atomic mass is 19.4. The van der Waals surface area contributed by atoms with E-state index in [-0.39, 0.29) is 11.4 Å². The standard InChI is InChI=1S/C14H9F6N/c15-13(16,17)9-3-1-5-11(7-9)21-12-6-2-4-10(8-12)14(18,19)20/h1-8,21H. The lowest BCUT2D eigenvalue weighted by Crippen LogP contribution is -2.06. The molecule has 0 saturated heterocycles. The van der Waals surface area contributed by atoms with Crippen molar-refractivity contribution in [2.75, 3.05) is 5.32 Å². The molecule has 0 unspecified atom stereocenters. The maximum Gasteiger partial charge on any atom is 0.416 e. The SMILES string of the molecule is FC(F)(F)c1cccc(Nc2cccc(C(F)(F)F)c2)c1. The summed E-state index contributed by atoms with van der Waals surface area (Å²) in [7, 11) is 0. The molecule has 1 N–H and O–H groups in total. The van der Waals surface area contributed by atoms with Gasteiger partial charge in [0.2, 0.25) is 0 Å². The van der Waals surface area contributed by atoms with Crippen LogP contribution in [0.2, 0.25) is 0 Å². The molecule has 0 fully saturated rings. The van der Waals surface area contributed by atoms with Crippen molar-refractivity contribution in [3.8, 4) is 0 Å². The first-order valence-corrected chi connectivity index (χ1v) is 5.78. The normalized spacial score (nSPS) is 12.3. The van der Waals surface area contributed by atoms with Crippen LogP contribution in [0.4, 0.5) is 37.7 Å². The summed E-state index contributed by atoms with van der Waals surface area (Å²) in [5, 5.41) is 2.53. The Balaban J connectivity index is 2.27. The predicted octanol–water partition coefficient (Wildman–Crippen LogP) is 5.47. The average molecular weight is 305 g/mol. The van der Waals surface area contributed by atoms with Crippen molar-refractivity contribution in [2.24, 2.45) is 0 Å². The molecule has 0 amide bonds. The van der Waals surface area contributed by atoms with Crippen molar-refractivity contribution in [2.45, 2.75) is 12.4 Å². The Morgan fingerprint density at radius 2 is 1.00 bits per heavy atom. The molecule has 0 aliphatic carbocycles. The number of rotatable bonds is 2. The Kier molecular flexibility index (Phi) is 3.85. The molecule has 7 heteroatoms. The number of hydrogen-bond donors (Lipinski definition) is 1. The second kappa shape index (κ2) is 5.31. The Bertz CT molecular complexity index is 574. The molecule has 0 heterocycles. The second-order valence-corrected chi connectivity index (χ2v) is 4.28. The predicted molar refractivity (Wildman–Crippen MR) is 66.2 cm³/mol. The molecule has 0 aliphatic rings. The molecular weight excluding hydrogens is 296 g/mol. The van der Waals surface area contributed by atoms with Gasteiger partial charge in [0.15, 0.2) is 0 Å². The van der Waals surface area contributed by atoms with E-state index in [4.69, 9.17) is 0 Å². The van der Waals surface area contributed by atoms with Crippen LogP contribution in [0, 0.1) is 0 Å². The molecule has 112 valence electrons. The van der Waals surface area contributed by atoms with Crippen LogP contribution in [-0.2, 0) is 12.4 Å². The highest BCUT2D eigenvalue weighted by Crippen LogP contribution is 2.33. The largest absolute Gasteiger partial charge is 0.416 e. The third-order valence-electron chi connectivity index (χ3n) is 2.67. The zero-order valence-electron chi connectivity index (χ0n) is 10.4. The van der Waals surface area contributed by atoms with Gasteiger partial charge in [-0.25, -0.2) is 0 Å². The molecular formula is C14H9F6N. The molecule has 1 nitrogen and oxygen atoms in total. The van der Waals surface area contributed by atoms with Gasteiger partial charge in [-0.1, -0.05) is 12.1 Å². The summed E-state index contributed by atoms with van der Waals surface area (Å²) in [6, 6.07) is 8.48. The Morgan fingerprint density at radius 1 is 0.619 bits per heavy atom. The summed E-state index contributed by atoms with van der Waals surface area (Å²) in [5.74, 6) is 0. The average Bonchev–Trinajstić information content (AvgIpc) is 2.37. The van der Waals surface area contributed by atoms with Crippen molar-refractivity contribution in [3.05, 3.63) is 59.7 Å². The fourth-order valence-electron chi connectivity index (χ4n) is 1.71. The number of halogens is 6. The molecule has 2 aromatic carbocycles. The number of hydrogen-bond acceptors (Lipinski definition) is 1. The summed E-state index contributed by atoms with van der Waals surface area (Å²) in [5.41, 5.74) is -1.63. The minimum Gasteiger partial charge on any atom is -0.356 e. The first-order valence-electron chi connectivity index (χ1n) is 5.78. The van der Waals surface area contributed by atoms with Crippen molar-refractivity contribution >= 4 is 11.4 Å². The maximum absolute atomic E-state index is 12.6. The molecule has 0 atom stereocenters. The molecule has 0 aliphatic heterocycles. The molecule has 2 rings (SSSR count). The first-order chi connectivity index (χ1) is 9.66. The lowest BCUT2D eigenvalue weighted by atomic mass is 10.1. The van der Waals surface area contributed by atoms with E-state index in [0.717, 1.165) is 24.3 Å². The van der Waals surface area contributed by atoms with Gasteiger partial charge in [-0.15, -0.1) is 0 Å². The van der Waals surface area contributed by atoms with E-state index in [1.54, 1.807) is 0 Å². The van der Waals surface area contributed by atoms with Gasteiger partial charge >= 0.3 is 12.4 Å². The van der Waals surface area contributed by atoms with E-state index in [1.807, 2.05) is 0 Å². The van der Waals surface area contributed by atoms with E-state index in [0.29, 0.717) is 0 Å². The van der Waals surface area contributed by atoms with Crippen LogP contribution >= 0.6 is 0 Å². The van der Waals surface area contributed by atoms with Crippen LogP contribution in [0.1, 0.15) is 11.1 Å². The van der Waals surface area contributed by atoms with Gasteiger partial charge in [0.1, 0.15) is 0 Å². The van der Waals surface area contributed by atoms with Crippen molar-refractivity contribution < 1.29 is 26.3 Å². The van der Waals surface area contributed by atoms with Crippen molar-refractivity contribution in [1.82, 2.24) is 0 Å². The minimum absolute atomic E-state index is 0.0594. The Hall–Kier alpha value is -2.18. The zero-order chi connectivity index (χ0) is 15.7. The topological polar surface area (TPSA) is 12.0 Å². The van der Waals surface area contributed by atoms with Crippen LogP contribution in [0.15, 0.2) is 48.5 Å². The first kappa shape index (κ1) is 15.2. The number of anilines is 2. The van der Waals surface area contributed by atoms with Crippen LogP contribution in [0.3, 0.4) is 0 Å². The number of nitrogens with one attached hydrogen (secondary N) is 1. The zero-order valence-corrected chi connectivity index (χ0v) is 10.4. The van der Waals surface area contributed by atoms with Crippen LogP contribution < -0.4 is 5.32 Å². The summed E-state index contributed by atoms with van der Waals surface area (Å²) >= 11 is 0. The van der Waals surface area contributed by atoms with Crippen molar-refractivity contribution in [1.29, 1.82) is 0 Å². The smallest absolute Gasteiger partial charge is 0.356 e. The maximum atomic E-state index is 12.6. The second-order valence-electron chi connectivity index (χ2n) is 4.28. The summed E-state index contributed by atoms with van der Waals surface area (Å²) in [6.07, 6.45) is -9.02. The van der Waals surface area contributed by atoms with E-state index < -0.39 is 23.5 Å². The summed E-state index contributed by atoms with van der Waals surface area (Å²) in [6.45, 7) is 0. The number of alkyl halides is 6. The van der Waals surface area contributed by atoms with Gasteiger partial charge in [-0.05, 0) is 36.4 Å². The fraction of sp³-hybridized carbons (Fsp3) is 0.143. The fourth-order valence-corrected chi connectivity index (χ4v) is 1.71. The highest BCUT2D eigenvalue weighted by Gasteiger charge is 2.31. The van der Waals surface area contributed by atoms with E-state index >= 15 is 0 Å². The minimum atomic E-state index is -4.51. The van der Waals surface area contributed by atoms with Gasteiger partial charge in [-0.3, -0.25) is 0 Å². The molecule has 0 radical (unpaired) electrons. The van der Waals surface area contributed by atoms with Crippen LogP contribution in [0.25, 0.3) is 0 Å². The summed E-state index contributed by atoms with van der Waals surface area (Å²) in [4.78, 5) is 0. The van der Waals surface area contributed by atoms with Gasteiger partial charge in [0.25, 0.3) is 0 Å². The lowest BCUT2D eigenvalue weighted by Gasteiger charge is -2.12. The van der Waals surface area contributed by atoms with Crippen molar-refractivity contribution in [3.63, 3.8) is 0 Å². The third kappa shape index (κ3) is 3.90. The molecule has 0 aromatic heterocycles. The van der Waals surface area contributed by atoms with E-state index in [2.05, 4.69) is 5.32 Å². The Labute approximate surface area is 116 Å². The highest BCUT2D eigenvalue weighted by molar-refractivity contribution is 5.61. The molecule has 0 bridgehead atoms. The van der Waals surface area contributed by atoms with E-state index in [9.17, 15) is 26.3 Å². The van der Waals surface area contributed by atoms with Crippen LogP contribution in [-0.4, -0.2) is 0 Å². The van der Waals surface area contributed by atoms with Gasteiger partial charge in [-0.2, -0.15) is 26.3 Å². The lowest BCUT2D eigenvalue weighted by molar-refractivity contribution is -0.138. The summed E-state index contributed by atoms with van der Waals surface area (Å²) < 4.78 is 75.3.